The third-order valence-electron chi connectivity index (χ3n) is 5.10. The number of hydrogen-bond acceptors (Lipinski definition) is 7. The Bertz CT molecular complexity index is 1150. The lowest BCUT2D eigenvalue weighted by Crippen LogP contribution is -2.37. The van der Waals surface area contributed by atoms with Crippen LogP contribution in [0.5, 0.6) is 5.75 Å². The number of aliphatic imine (C=N–C) groups is 1. The minimum atomic E-state index is -3.19. The fourth-order valence-corrected chi connectivity index (χ4v) is 7.61. The van der Waals surface area contributed by atoms with Gasteiger partial charge < -0.3 is 19.5 Å². The molecule has 174 valence electrons. The Labute approximate surface area is 195 Å². The van der Waals surface area contributed by atoms with Crippen molar-refractivity contribution in [3.05, 3.63) is 60.2 Å². The predicted octanol–water partition coefficient (Wildman–Crippen LogP) is 1.97. The number of thioether (sulfide) groups is 1. The van der Waals surface area contributed by atoms with Crippen molar-refractivity contribution in [2.45, 2.75) is 17.9 Å². The van der Waals surface area contributed by atoms with Gasteiger partial charge in [0.05, 0.1) is 17.5 Å². The average Bonchev–Trinajstić information content (AvgIpc) is 3.23. The van der Waals surface area contributed by atoms with Crippen molar-refractivity contribution in [1.82, 2.24) is 0 Å². The van der Waals surface area contributed by atoms with Crippen LogP contribution in [0.2, 0.25) is 0 Å². The summed E-state index contributed by atoms with van der Waals surface area (Å²) in [6.07, 6.45) is 0. The molecule has 2 saturated heterocycles. The number of aliphatic carboxylic acids is 1. The van der Waals surface area contributed by atoms with Gasteiger partial charge >= 0.3 is 5.97 Å². The highest BCUT2D eigenvalue weighted by Crippen LogP contribution is 2.41. The second kappa shape index (κ2) is 9.94. The highest BCUT2D eigenvalue weighted by Gasteiger charge is 2.49. The van der Waals surface area contributed by atoms with Gasteiger partial charge in [0.1, 0.15) is 25.6 Å². The summed E-state index contributed by atoms with van der Waals surface area (Å²) in [6, 6.07) is 16.6. The monoisotopic (exact) mass is 490 g/mol. The van der Waals surface area contributed by atoms with Gasteiger partial charge in [-0.3, -0.25) is 4.79 Å². The second-order valence-electron chi connectivity index (χ2n) is 7.61. The molecule has 1 amide bonds. The Morgan fingerprint density at radius 3 is 2.48 bits per heavy atom. The molecule has 1 N–H and O–H groups in total. The third kappa shape index (κ3) is 5.92. The predicted molar refractivity (Wildman–Crippen MR) is 124 cm³/mol. The number of sulfone groups is 1. The first kappa shape index (κ1) is 23.3. The number of amides is 1. The number of carbonyl (C=O) groups excluding carboxylic acids is 1. The first-order valence-electron chi connectivity index (χ1n) is 10.1. The van der Waals surface area contributed by atoms with E-state index in [4.69, 9.17) is 14.6 Å². The molecule has 0 saturated carbocycles. The van der Waals surface area contributed by atoms with Gasteiger partial charge in [-0.25, -0.2) is 13.2 Å². The molecular weight excluding hydrogens is 468 g/mol. The lowest BCUT2D eigenvalue weighted by Gasteiger charge is -2.24. The van der Waals surface area contributed by atoms with Crippen LogP contribution in [0.4, 0.5) is 5.69 Å². The standard InChI is InChI=1S/C22H22N2O7S2/c25-20(11-30-12-21(26)27)23-22-24(18-13-33(28,29)14-19(18)32-22)16-6-8-17(9-7-16)31-10-15-4-2-1-3-5-15/h1-9,18-19H,10-14H2,(H,26,27)/t18-,19+/m1/s1. The SMILES string of the molecule is O=C(O)COCC(=O)N=C1S[C@H]2CS(=O)(=O)C[C@H]2N1c1ccc(OCc2ccccc2)cc1. The highest BCUT2D eigenvalue weighted by molar-refractivity contribution is 8.16. The molecule has 2 atom stereocenters. The molecule has 2 aliphatic rings. The number of nitrogens with zero attached hydrogens (tertiary/aromatic N) is 2. The Morgan fingerprint density at radius 1 is 1.06 bits per heavy atom. The quantitative estimate of drug-likeness (QED) is 0.592. The summed E-state index contributed by atoms with van der Waals surface area (Å²) in [5, 5.41) is 8.77. The number of carboxylic acids is 1. The molecule has 2 aliphatic heterocycles. The molecule has 4 rings (SSSR count). The summed E-state index contributed by atoms with van der Waals surface area (Å²) in [5.41, 5.74) is 1.73. The van der Waals surface area contributed by atoms with E-state index in [0.717, 1.165) is 5.56 Å². The number of ether oxygens (including phenoxy) is 2. The van der Waals surface area contributed by atoms with E-state index in [0.29, 0.717) is 23.2 Å². The first-order valence-corrected chi connectivity index (χ1v) is 12.8. The molecule has 33 heavy (non-hydrogen) atoms. The maximum absolute atomic E-state index is 12.2. The summed E-state index contributed by atoms with van der Waals surface area (Å²) < 4.78 is 35.0. The summed E-state index contributed by atoms with van der Waals surface area (Å²) >= 11 is 1.24. The summed E-state index contributed by atoms with van der Waals surface area (Å²) in [7, 11) is -3.19. The number of fused-ring (bicyclic) bond motifs is 1. The van der Waals surface area contributed by atoms with Crippen molar-refractivity contribution in [3.63, 3.8) is 0 Å². The number of rotatable bonds is 8. The van der Waals surface area contributed by atoms with Crippen molar-refractivity contribution in [2.24, 2.45) is 4.99 Å². The zero-order chi connectivity index (χ0) is 23.4. The molecule has 2 heterocycles. The molecule has 2 fully saturated rings. The molecule has 2 aromatic rings. The molecular formula is C22H22N2O7S2. The average molecular weight is 491 g/mol. The third-order valence-corrected chi connectivity index (χ3v) is 8.31. The van der Waals surface area contributed by atoms with E-state index in [1.165, 1.54) is 11.8 Å². The Balaban J connectivity index is 1.50. The molecule has 0 aromatic heterocycles. The highest BCUT2D eigenvalue weighted by atomic mass is 32.2. The van der Waals surface area contributed by atoms with Crippen molar-refractivity contribution < 1.29 is 32.6 Å². The van der Waals surface area contributed by atoms with E-state index < -0.39 is 34.9 Å². The van der Waals surface area contributed by atoms with Gasteiger partial charge in [-0.15, -0.1) is 0 Å². The van der Waals surface area contributed by atoms with Crippen LogP contribution in [-0.4, -0.2) is 66.6 Å². The Morgan fingerprint density at radius 2 is 1.79 bits per heavy atom. The lowest BCUT2D eigenvalue weighted by atomic mass is 10.2. The Hall–Kier alpha value is -2.89. The molecule has 0 spiro atoms. The van der Waals surface area contributed by atoms with Gasteiger partial charge in [0.15, 0.2) is 15.0 Å². The zero-order valence-electron chi connectivity index (χ0n) is 17.5. The van der Waals surface area contributed by atoms with Crippen molar-refractivity contribution >= 4 is 44.3 Å². The molecule has 0 bridgehead atoms. The second-order valence-corrected chi connectivity index (χ2v) is 11.0. The number of benzene rings is 2. The van der Waals surface area contributed by atoms with Crippen molar-refractivity contribution in [2.75, 3.05) is 29.6 Å². The van der Waals surface area contributed by atoms with Crippen LogP contribution in [0.3, 0.4) is 0 Å². The van der Waals surface area contributed by atoms with E-state index in [-0.39, 0.29) is 22.8 Å². The van der Waals surface area contributed by atoms with Gasteiger partial charge in [-0.05, 0) is 29.8 Å². The molecule has 0 radical (unpaired) electrons. The van der Waals surface area contributed by atoms with Crippen LogP contribution in [-0.2, 0) is 30.8 Å². The van der Waals surface area contributed by atoms with E-state index in [9.17, 15) is 18.0 Å². The van der Waals surface area contributed by atoms with Gasteiger partial charge in [-0.2, -0.15) is 4.99 Å². The smallest absolute Gasteiger partial charge is 0.329 e. The van der Waals surface area contributed by atoms with Crippen molar-refractivity contribution in [3.8, 4) is 5.75 Å². The molecule has 11 heteroatoms. The van der Waals surface area contributed by atoms with Crippen LogP contribution in [0.1, 0.15) is 5.56 Å². The number of carbonyl (C=O) groups is 2. The van der Waals surface area contributed by atoms with Gasteiger partial charge in [0.25, 0.3) is 5.91 Å². The van der Waals surface area contributed by atoms with E-state index in [2.05, 4.69) is 4.99 Å². The van der Waals surface area contributed by atoms with Crippen molar-refractivity contribution in [1.29, 1.82) is 0 Å². The molecule has 2 aromatic carbocycles. The number of anilines is 1. The van der Waals surface area contributed by atoms with E-state index in [1.54, 1.807) is 29.2 Å². The lowest BCUT2D eigenvalue weighted by molar-refractivity contribution is -0.143. The van der Waals surface area contributed by atoms with Crippen LogP contribution < -0.4 is 9.64 Å². The fourth-order valence-electron chi connectivity index (χ4n) is 3.67. The molecule has 9 nitrogen and oxygen atoms in total. The zero-order valence-corrected chi connectivity index (χ0v) is 19.1. The van der Waals surface area contributed by atoms with Gasteiger partial charge in [0, 0.05) is 10.9 Å². The van der Waals surface area contributed by atoms with Crippen LogP contribution in [0.15, 0.2) is 59.6 Å². The maximum atomic E-state index is 12.2. The number of hydrogen-bond donors (Lipinski definition) is 1. The van der Waals surface area contributed by atoms with E-state index in [1.807, 2.05) is 30.3 Å². The minimum Gasteiger partial charge on any atom is -0.489 e. The number of amidine groups is 1. The summed E-state index contributed by atoms with van der Waals surface area (Å²) in [5.74, 6) is -1.17. The van der Waals surface area contributed by atoms with E-state index >= 15 is 0 Å². The first-order chi connectivity index (χ1) is 15.8. The van der Waals surface area contributed by atoms with Crippen LogP contribution in [0, 0.1) is 0 Å². The Kier molecular flexibility index (Phi) is 7.01. The molecule has 0 unspecified atom stereocenters. The largest absolute Gasteiger partial charge is 0.489 e. The summed E-state index contributed by atoms with van der Waals surface area (Å²) in [4.78, 5) is 28.6. The normalized spacial score (nSPS) is 22.3. The topological polar surface area (TPSA) is 123 Å². The van der Waals surface area contributed by atoms with Crippen LogP contribution in [0.25, 0.3) is 0 Å². The number of carboxylic acid groups (broad SMARTS) is 1. The molecule has 0 aliphatic carbocycles. The summed E-state index contributed by atoms with van der Waals surface area (Å²) in [6.45, 7) is -0.647. The van der Waals surface area contributed by atoms with Gasteiger partial charge in [-0.1, -0.05) is 42.1 Å². The van der Waals surface area contributed by atoms with Crippen LogP contribution >= 0.6 is 11.8 Å². The fraction of sp³-hybridized carbons (Fsp3) is 0.318. The van der Waals surface area contributed by atoms with Gasteiger partial charge in [0.2, 0.25) is 0 Å². The minimum absolute atomic E-state index is 0.0137. The maximum Gasteiger partial charge on any atom is 0.329 e.